The van der Waals surface area contributed by atoms with Crippen LogP contribution in [0.25, 0.3) is 0 Å². The summed E-state index contributed by atoms with van der Waals surface area (Å²) in [5.41, 5.74) is -0.0438. The molecule has 8 nitrogen and oxygen atoms in total. The number of nitrogens with zero attached hydrogens (tertiary/aromatic N) is 1. The van der Waals surface area contributed by atoms with Crippen molar-refractivity contribution < 1.29 is 24.7 Å². The number of carboxylic acid groups (broad SMARTS) is 1. The van der Waals surface area contributed by atoms with Crippen molar-refractivity contribution in [1.29, 1.82) is 0 Å². The molecule has 0 heterocycles. The molecule has 1 atom stereocenters. The standard InChI is InChI=1S/C12H14N2O6S/c15-6-5-10(12(17)18)13-11(16)7-21-9-3-1-8(2-4-9)14(19)20/h1-4,10,15H,5-7H2,(H,13,16)(H,17,18). The zero-order chi connectivity index (χ0) is 15.8. The Morgan fingerprint density at radius 3 is 2.43 bits per heavy atom. The smallest absolute Gasteiger partial charge is 0.326 e. The van der Waals surface area contributed by atoms with E-state index >= 15 is 0 Å². The fraction of sp³-hybridized carbons (Fsp3) is 0.333. The summed E-state index contributed by atoms with van der Waals surface area (Å²) in [6, 6.07) is 4.55. The highest BCUT2D eigenvalue weighted by Crippen LogP contribution is 2.21. The summed E-state index contributed by atoms with van der Waals surface area (Å²) in [5.74, 6) is -1.72. The van der Waals surface area contributed by atoms with Crippen LogP contribution in [0, 0.1) is 10.1 Å². The number of nitro benzene ring substituents is 1. The fourth-order valence-electron chi connectivity index (χ4n) is 1.44. The molecule has 9 heteroatoms. The van der Waals surface area contributed by atoms with Crippen LogP contribution in [0.5, 0.6) is 0 Å². The summed E-state index contributed by atoms with van der Waals surface area (Å²) in [7, 11) is 0. The number of nitro groups is 1. The maximum absolute atomic E-state index is 11.6. The van der Waals surface area contributed by atoms with Gasteiger partial charge in [0.1, 0.15) is 6.04 Å². The Balaban J connectivity index is 2.48. The normalized spacial score (nSPS) is 11.7. The van der Waals surface area contributed by atoms with Crippen LogP contribution >= 0.6 is 11.8 Å². The van der Waals surface area contributed by atoms with Gasteiger partial charge in [0.2, 0.25) is 5.91 Å². The van der Waals surface area contributed by atoms with Gasteiger partial charge in [0.15, 0.2) is 0 Å². The molecular weight excluding hydrogens is 300 g/mol. The van der Waals surface area contributed by atoms with Crippen molar-refractivity contribution in [3.8, 4) is 0 Å². The molecule has 0 aromatic heterocycles. The summed E-state index contributed by atoms with van der Waals surface area (Å²) in [6.45, 7) is -0.341. The number of hydrogen-bond acceptors (Lipinski definition) is 6. The van der Waals surface area contributed by atoms with E-state index in [2.05, 4.69) is 5.32 Å². The van der Waals surface area contributed by atoms with E-state index in [9.17, 15) is 19.7 Å². The van der Waals surface area contributed by atoms with Gasteiger partial charge in [-0.3, -0.25) is 14.9 Å². The molecule has 1 unspecified atom stereocenters. The topological polar surface area (TPSA) is 130 Å². The number of non-ortho nitro benzene ring substituents is 1. The first-order chi connectivity index (χ1) is 9.93. The van der Waals surface area contributed by atoms with Gasteiger partial charge in [-0.05, 0) is 12.1 Å². The number of amides is 1. The van der Waals surface area contributed by atoms with Crippen LogP contribution in [0.2, 0.25) is 0 Å². The minimum absolute atomic E-state index is 0.0208. The van der Waals surface area contributed by atoms with Crippen LogP contribution in [-0.2, 0) is 9.59 Å². The molecule has 0 bridgehead atoms. The van der Waals surface area contributed by atoms with Crippen LogP contribution in [0.15, 0.2) is 29.2 Å². The van der Waals surface area contributed by atoms with Gasteiger partial charge < -0.3 is 15.5 Å². The van der Waals surface area contributed by atoms with E-state index in [1.165, 1.54) is 24.3 Å². The molecule has 1 aromatic carbocycles. The van der Waals surface area contributed by atoms with Crippen LogP contribution in [0.4, 0.5) is 5.69 Å². The predicted octanol–water partition coefficient (Wildman–Crippen LogP) is 0.639. The number of hydrogen-bond donors (Lipinski definition) is 3. The summed E-state index contributed by atoms with van der Waals surface area (Å²) in [5, 5.41) is 30.3. The molecule has 0 aliphatic carbocycles. The molecule has 0 spiro atoms. The Morgan fingerprint density at radius 2 is 1.95 bits per heavy atom. The first-order valence-corrected chi connectivity index (χ1v) is 6.93. The second-order valence-corrected chi connectivity index (χ2v) is 5.06. The summed E-state index contributed by atoms with van der Waals surface area (Å²) >= 11 is 1.13. The number of carbonyl (C=O) groups excluding carboxylic acids is 1. The molecule has 1 amide bonds. The van der Waals surface area contributed by atoms with Gasteiger partial charge in [-0.1, -0.05) is 0 Å². The molecular formula is C12H14N2O6S. The average molecular weight is 314 g/mol. The Kier molecular flexibility index (Phi) is 6.63. The van der Waals surface area contributed by atoms with E-state index in [0.717, 1.165) is 11.8 Å². The molecule has 1 aromatic rings. The van der Waals surface area contributed by atoms with Crippen LogP contribution < -0.4 is 5.32 Å². The van der Waals surface area contributed by atoms with Gasteiger partial charge in [0.05, 0.1) is 10.7 Å². The van der Waals surface area contributed by atoms with Gasteiger partial charge in [-0.15, -0.1) is 11.8 Å². The summed E-state index contributed by atoms with van der Waals surface area (Å²) in [4.78, 5) is 33.0. The zero-order valence-corrected chi connectivity index (χ0v) is 11.7. The lowest BCUT2D eigenvalue weighted by Crippen LogP contribution is -2.42. The highest BCUT2D eigenvalue weighted by molar-refractivity contribution is 8.00. The second-order valence-electron chi connectivity index (χ2n) is 4.01. The quantitative estimate of drug-likeness (QED) is 0.364. The second kappa shape index (κ2) is 8.22. The Bertz CT molecular complexity index is 519. The summed E-state index contributed by atoms with van der Waals surface area (Å²) in [6.07, 6.45) is -0.0662. The van der Waals surface area contributed by atoms with Crippen molar-refractivity contribution in [3.63, 3.8) is 0 Å². The van der Waals surface area contributed by atoms with Gasteiger partial charge in [0, 0.05) is 30.1 Å². The lowest BCUT2D eigenvalue weighted by atomic mass is 10.2. The third kappa shape index (κ3) is 5.79. The Morgan fingerprint density at radius 1 is 1.33 bits per heavy atom. The first kappa shape index (κ1) is 16.9. The van der Waals surface area contributed by atoms with E-state index in [0.29, 0.717) is 4.90 Å². The molecule has 114 valence electrons. The van der Waals surface area contributed by atoms with E-state index < -0.39 is 22.8 Å². The number of benzene rings is 1. The highest BCUT2D eigenvalue weighted by atomic mass is 32.2. The molecule has 0 saturated heterocycles. The minimum Gasteiger partial charge on any atom is -0.480 e. The highest BCUT2D eigenvalue weighted by Gasteiger charge is 2.19. The number of aliphatic hydroxyl groups is 1. The lowest BCUT2D eigenvalue weighted by molar-refractivity contribution is -0.384. The minimum atomic E-state index is -1.21. The number of aliphatic carboxylic acids is 1. The first-order valence-electron chi connectivity index (χ1n) is 5.94. The van der Waals surface area contributed by atoms with E-state index in [1.54, 1.807) is 0 Å². The SMILES string of the molecule is O=C(CSc1ccc([N+](=O)[O-])cc1)NC(CCO)C(=O)O. The number of thioether (sulfide) groups is 1. The van der Waals surface area contributed by atoms with Gasteiger partial charge in [-0.25, -0.2) is 4.79 Å². The Labute approximate surface area is 124 Å². The number of rotatable bonds is 8. The van der Waals surface area contributed by atoms with Crippen LogP contribution in [0.3, 0.4) is 0 Å². The maximum atomic E-state index is 11.6. The molecule has 0 saturated carbocycles. The van der Waals surface area contributed by atoms with Gasteiger partial charge in [-0.2, -0.15) is 0 Å². The molecule has 21 heavy (non-hydrogen) atoms. The molecule has 3 N–H and O–H groups in total. The van der Waals surface area contributed by atoms with Crippen LogP contribution in [-0.4, -0.2) is 45.4 Å². The third-order valence-corrected chi connectivity index (χ3v) is 3.48. The Hall–Kier alpha value is -2.13. The number of aliphatic hydroxyl groups excluding tert-OH is 1. The largest absolute Gasteiger partial charge is 0.480 e. The molecule has 0 aliphatic rings. The fourth-order valence-corrected chi connectivity index (χ4v) is 2.15. The van der Waals surface area contributed by atoms with E-state index in [-0.39, 0.29) is 24.5 Å². The predicted molar refractivity (Wildman–Crippen MR) is 75.1 cm³/mol. The van der Waals surface area contributed by atoms with Crippen molar-refractivity contribution >= 4 is 29.3 Å². The molecule has 0 radical (unpaired) electrons. The number of carboxylic acids is 1. The molecule has 0 fully saturated rings. The zero-order valence-electron chi connectivity index (χ0n) is 10.9. The van der Waals surface area contributed by atoms with E-state index in [4.69, 9.17) is 10.2 Å². The maximum Gasteiger partial charge on any atom is 0.326 e. The van der Waals surface area contributed by atoms with Gasteiger partial charge in [0.25, 0.3) is 5.69 Å². The average Bonchev–Trinajstić information content (AvgIpc) is 2.45. The lowest BCUT2D eigenvalue weighted by Gasteiger charge is -2.12. The van der Waals surface area contributed by atoms with Crippen molar-refractivity contribution in [1.82, 2.24) is 5.32 Å². The summed E-state index contributed by atoms with van der Waals surface area (Å²) < 4.78 is 0. The van der Waals surface area contributed by atoms with Crippen molar-refractivity contribution in [2.24, 2.45) is 0 Å². The van der Waals surface area contributed by atoms with Gasteiger partial charge >= 0.3 is 5.97 Å². The molecule has 0 aliphatic heterocycles. The number of nitrogens with one attached hydrogen (secondary N) is 1. The van der Waals surface area contributed by atoms with E-state index in [1.807, 2.05) is 0 Å². The van der Waals surface area contributed by atoms with Crippen molar-refractivity contribution in [2.75, 3.05) is 12.4 Å². The van der Waals surface area contributed by atoms with Crippen LogP contribution in [0.1, 0.15) is 6.42 Å². The van der Waals surface area contributed by atoms with Crippen molar-refractivity contribution in [3.05, 3.63) is 34.4 Å². The monoisotopic (exact) mass is 314 g/mol. The third-order valence-electron chi connectivity index (χ3n) is 2.47. The van der Waals surface area contributed by atoms with Crippen molar-refractivity contribution in [2.45, 2.75) is 17.4 Å². The molecule has 1 rings (SSSR count). The number of carbonyl (C=O) groups is 2.